The first-order valence-corrected chi connectivity index (χ1v) is 11.0. The Kier molecular flexibility index (Phi) is 16.1. The van der Waals surface area contributed by atoms with Gasteiger partial charge < -0.3 is 29.4 Å². The smallest absolute Gasteiger partial charge is 0.407 e. The maximum Gasteiger partial charge on any atom is 0.407 e. The molecule has 0 heterocycles. The van der Waals surface area contributed by atoms with Crippen LogP contribution in [0.25, 0.3) is 0 Å². The Bertz CT molecular complexity index is 378. The van der Waals surface area contributed by atoms with Gasteiger partial charge in [-0.2, -0.15) is 0 Å². The molecule has 0 aromatic carbocycles. The van der Waals surface area contributed by atoms with Gasteiger partial charge in [0.05, 0.1) is 46.1 Å². The Labute approximate surface area is 163 Å². The van der Waals surface area contributed by atoms with Crippen molar-refractivity contribution >= 4 is 33.7 Å². The molecule has 0 aliphatic carbocycles. The minimum atomic E-state index is -0.769. The first-order chi connectivity index (χ1) is 12.3. The molecule has 0 saturated carbocycles. The quantitative estimate of drug-likeness (QED) is 0.292. The van der Waals surface area contributed by atoms with Gasteiger partial charge in [-0.25, -0.2) is 4.79 Å². The number of carboxylic acids is 1. The van der Waals surface area contributed by atoms with Crippen molar-refractivity contribution in [2.24, 2.45) is 0 Å². The summed E-state index contributed by atoms with van der Waals surface area (Å²) in [7, 11) is 3.15. The zero-order valence-electron chi connectivity index (χ0n) is 15.8. The molecule has 154 valence electrons. The highest BCUT2D eigenvalue weighted by Gasteiger charge is 2.15. The lowest BCUT2D eigenvalue weighted by molar-refractivity contribution is -0.136. The maximum absolute atomic E-state index is 11.4. The summed E-state index contributed by atoms with van der Waals surface area (Å²) in [4.78, 5) is 21.7. The third-order valence-electron chi connectivity index (χ3n) is 2.45. The Balaban J connectivity index is 3.16. The second-order valence-corrected chi connectivity index (χ2v) is 8.76. The number of nitrogens with one attached hydrogen (secondary N) is 1. The molecule has 2 N–H and O–H groups in total. The Morgan fingerprint density at radius 3 is 2.00 bits per heavy atom. The molecular formula is C16H31NO7S2. The van der Waals surface area contributed by atoms with Crippen LogP contribution in [0.2, 0.25) is 0 Å². The van der Waals surface area contributed by atoms with Gasteiger partial charge in [0, 0.05) is 18.1 Å². The normalized spacial score (nSPS) is 11.3. The summed E-state index contributed by atoms with van der Waals surface area (Å²) in [5, 5.41) is 11.1. The molecule has 0 rings (SSSR count). The van der Waals surface area contributed by atoms with Crippen molar-refractivity contribution in [3.05, 3.63) is 0 Å². The van der Waals surface area contributed by atoms with Gasteiger partial charge in [-0.05, 0) is 20.8 Å². The first kappa shape index (κ1) is 25.3. The molecule has 0 aromatic rings. The molecule has 10 heteroatoms. The van der Waals surface area contributed by atoms with E-state index in [9.17, 15) is 9.59 Å². The van der Waals surface area contributed by atoms with Crippen molar-refractivity contribution in [2.45, 2.75) is 32.8 Å². The fourth-order valence-corrected chi connectivity index (χ4v) is 3.26. The van der Waals surface area contributed by atoms with Crippen molar-refractivity contribution in [1.29, 1.82) is 0 Å². The SMILES string of the molecule is CC(C)(C)OC(=O)NCCOCCOCCOCCSSCCC(=O)O. The molecule has 26 heavy (non-hydrogen) atoms. The molecule has 0 radical (unpaired) electrons. The Morgan fingerprint density at radius 1 is 0.885 bits per heavy atom. The molecule has 0 saturated heterocycles. The number of carbonyl (C=O) groups excluding carboxylic acids is 1. The van der Waals surface area contributed by atoms with E-state index in [0.29, 0.717) is 51.9 Å². The van der Waals surface area contributed by atoms with Crippen molar-refractivity contribution in [3.63, 3.8) is 0 Å². The van der Waals surface area contributed by atoms with Gasteiger partial charge in [0.15, 0.2) is 0 Å². The third-order valence-corrected chi connectivity index (χ3v) is 4.82. The number of amides is 1. The van der Waals surface area contributed by atoms with Gasteiger partial charge in [-0.15, -0.1) is 0 Å². The average molecular weight is 414 g/mol. The van der Waals surface area contributed by atoms with Crippen LogP contribution in [0.15, 0.2) is 0 Å². The van der Waals surface area contributed by atoms with E-state index in [0.717, 1.165) is 5.75 Å². The molecule has 0 spiro atoms. The Hall–Kier alpha value is -0.680. The van der Waals surface area contributed by atoms with Gasteiger partial charge in [0.25, 0.3) is 0 Å². The van der Waals surface area contributed by atoms with Crippen LogP contribution < -0.4 is 5.32 Å². The van der Waals surface area contributed by atoms with Crippen LogP contribution in [0.1, 0.15) is 27.2 Å². The minimum absolute atomic E-state index is 0.186. The van der Waals surface area contributed by atoms with Crippen LogP contribution in [-0.2, 0) is 23.7 Å². The zero-order valence-corrected chi connectivity index (χ0v) is 17.4. The first-order valence-electron chi connectivity index (χ1n) is 8.47. The van der Waals surface area contributed by atoms with Crippen LogP contribution in [0.4, 0.5) is 4.79 Å². The molecule has 8 nitrogen and oxygen atoms in total. The summed E-state index contributed by atoms with van der Waals surface area (Å²) < 4.78 is 21.2. The lowest BCUT2D eigenvalue weighted by Gasteiger charge is -2.19. The number of carbonyl (C=O) groups is 2. The summed E-state index contributed by atoms with van der Waals surface area (Å²) >= 11 is 0. The van der Waals surface area contributed by atoms with E-state index >= 15 is 0 Å². The third kappa shape index (κ3) is 21.4. The van der Waals surface area contributed by atoms with Crippen LogP contribution in [0.5, 0.6) is 0 Å². The van der Waals surface area contributed by atoms with Crippen molar-refractivity contribution < 1.29 is 33.6 Å². The van der Waals surface area contributed by atoms with E-state index in [4.69, 9.17) is 24.1 Å². The number of hydrogen-bond donors (Lipinski definition) is 2. The largest absolute Gasteiger partial charge is 0.481 e. The fourth-order valence-electron chi connectivity index (χ4n) is 1.42. The van der Waals surface area contributed by atoms with Gasteiger partial charge in [-0.3, -0.25) is 4.79 Å². The molecule has 0 aliphatic heterocycles. The lowest BCUT2D eigenvalue weighted by atomic mass is 10.2. The number of carboxylic acid groups (broad SMARTS) is 1. The predicted octanol–water partition coefficient (Wildman–Crippen LogP) is 2.42. The Morgan fingerprint density at radius 2 is 1.42 bits per heavy atom. The fraction of sp³-hybridized carbons (Fsp3) is 0.875. The highest BCUT2D eigenvalue weighted by Crippen LogP contribution is 2.21. The summed E-state index contributed by atoms with van der Waals surface area (Å²) in [6, 6.07) is 0. The molecule has 0 aromatic heterocycles. The van der Waals surface area contributed by atoms with E-state index in [2.05, 4.69) is 5.32 Å². The molecule has 0 unspecified atom stereocenters. The molecule has 1 amide bonds. The highest BCUT2D eigenvalue weighted by atomic mass is 33.1. The van der Waals surface area contributed by atoms with Gasteiger partial charge in [0.2, 0.25) is 0 Å². The molecule has 0 fully saturated rings. The topological polar surface area (TPSA) is 103 Å². The van der Waals surface area contributed by atoms with Crippen LogP contribution >= 0.6 is 21.6 Å². The zero-order chi connectivity index (χ0) is 19.7. The van der Waals surface area contributed by atoms with E-state index in [1.807, 2.05) is 20.8 Å². The summed E-state index contributed by atoms with van der Waals surface area (Å²) in [6.07, 6.45) is -0.265. The van der Waals surface area contributed by atoms with Crippen molar-refractivity contribution in [2.75, 3.05) is 57.7 Å². The van der Waals surface area contributed by atoms with Crippen molar-refractivity contribution in [1.82, 2.24) is 5.32 Å². The second kappa shape index (κ2) is 16.5. The summed E-state index contributed by atoms with van der Waals surface area (Å²) in [6.45, 7) is 8.76. The second-order valence-electron chi connectivity index (χ2n) is 6.05. The predicted molar refractivity (Wildman–Crippen MR) is 104 cm³/mol. The average Bonchev–Trinajstić information content (AvgIpc) is 2.52. The maximum atomic E-state index is 11.4. The lowest BCUT2D eigenvalue weighted by Crippen LogP contribution is -2.34. The van der Waals surface area contributed by atoms with E-state index < -0.39 is 17.7 Å². The van der Waals surface area contributed by atoms with Crippen LogP contribution in [0.3, 0.4) is 0 Å². The number of alkyl carbamates (subject to hydrolysis) is 1. The number of aliphatic carboxylic acids is 1. The van der Waals surface area contributed by atoms with Gasteiger partial charge in [-0.1, -0.05) is 21.6 Å². The number of rotatable bonds is 16. The van der Waals surface area contributed by atoms with E-state index in [1.165, 1.54) is 0 Å². The van der Waals surface area contributed by atoms with Crippen molar-refractivity contribution in [3.8, 4) is 0 Å². The highest BCUT2D eigenvalue weighted by molar-refractivity contribution is 8.76. The molecular weight excluding hydrogens is 382 g/mol. The summed E-state index contributed by atoms with van der Waals surface area (Å²) in [5.41, 5.74) is -0.501. The standard InChI is InChI=1S/C16H31NO7S2/c1-16(2,3)24-15(20)17-5-6-21-7-8-22-9-10-23-11-13-26-25-12-4-14(18)19/h4-13H2,1-3H3,(H,17,20)(H,18,19). The molecule has 0 aliphatic rings. The van der Waals surface area contributed by atoms with E-state index in [1.54, 1.807) is 21.6 Å². The monoisotopic (exact) mass is 413 g/mol. The van der Waals surface area contributed by atoms with Crippen LogP contribution in [0, 0.1) is 0 Å². The van der Waals surface area contributed by atoms with Gasteiger partial charge in [0.1, 0.15) is 5.60 Å². The molecule has 0 atom stereocenters. The summed E-state index contributed by atoms with van der Waals surface area (Å²) in [5.74, 6) is 0.656. The number of ether oxygens (including phenoxy) is 4. The number of hydrogen-bond acceptors (Lipinski definition) is 8. The van der Waals surface area contributed by atoms with E-state index in [-0.39, 0.29) is 6.42 Å². The minimum Gasteiger partial charge on any atom is -0.481 e. The molecule has 0 bridgehead atoms. The van der Waals surface area contributed by atoms with Gasteiger partial charge >= 0.3 is 12.1 Å². The van der Waals surface area contributed by atoms with Crippen LogP contribution in [-0.4, -0.2) is 80.5 Å².